The standard InChI is InChI=1S/C112H68B2/c1-11-31-69(32-12-1)79-51-53-101-89(55-79)97-61-83(73-39-19-5-20-40-73)63-99-93-65-91(105-85(75-43-23-7-24-44-75)57-81(71-35-15-3-16-36-71)58-86(105)76-45-25-8-26-46-76)96-68-104-108-94(100-64-84(74-41-21-6-22-42-74)62-98-90-56-80(70-33-13-2-14-34-70)52-54-102(90)114(104)112(98)100)66-92(95-67-103(113(101)111(97)99)107(93)109(96)110(95)108)106-87(77-47-27-9-28-48-77)59-82(72-37-17-4-18-38-72)60-88(106)78-49-29-10-30-50-78/h1-68H. The topological polar surface area (TPSA) is 0 Å². The number of hydrogen-bond donors (Lipinski definition) is 0. The van der Waals surface area contributed by atoms with Crippen LogP contribution in [-0.4, -0.2) is 13.4 Å². The molecule has 0 amide bonds. The summed E-state index contributed by atoms with van der Waals surface area (Å²) in [5.41, 5.74) is 46.9. The van der Waals surface area contributed by atoms with E-state index < -0.39 is 0 Å². The zero-order valence-electron chi connectivity index (χ0n) is 62.4. The van der Waals surface area contributed by atoms with Gasteiger partial charge in [-0.3, -0.25) is 0 Å². The molecule has 522 valence electrons. The summed E-state index contributed by atoms with van der Waals surface area (Å²) in [6.07, 6.45) is 0. The van der Waals surface area contributed by atoms with E-state index in [-0.39, 0.29) is 13.4 Å². The van der Waals surface area contributed by atoms with Crippen LogP contribution in [0.3, 0.4) is 0 Å². The van der Waals surface area contributed by atoms with Crippen molar-refractivity contribution in [2.75, 3.05) is 0 Å². The Morgan fingerprint density at radius 2 is 0.342 bits per heavy atom. The molecule has 0 fully saturated rings. The molecular weight excluding hydrogens is 1370 g/mol. The molecule has 20 aromatic rings. The smallest absolute Gasteiger partial charge is 0.0657 e. The van der Waals surface area contributed by atoms with E-state index in [9.17, 15) is 0 Å². The van der Waals surface area contributed by atoms with Gasteiger partial charge in [0.15, 0.2) is 0 Å². The predicted octanol–water partition coefficient (Wildman–Crippen LogP) is 25.5. The zero-order chi connectivity index (χ0) is 74.6. The molecule has 0 aliphatic carbocycles. The Morgan fingerprint density at radius 1 is 0.123 bits per heavy atom. The van der Waals surface area contributed by atoms with E-state index in [1.807, 2.05) is 0 Å². The summed E-state index contributed by atoms with van der Waals surface area (Å²) < 4.78 is 0. The summed E-state index contributed by atoms with van der Waals surface area (Å²) in [7, 11) is 0. The largest absolute Gasteiger partial charge is 0.244 e. The fraction of sp³-hybridized carbons (Fsp3) is 0. The van der Waals surface area contributed by atoms with Gasteiger partial charge < -0.3 is 0 Å². The minimum Gasteiger partial charge on any atom is -0.0657 e. The highest BCUT2D eigenvalue weighted by Gasteiger charge is 2.46. The molecule has 4 heterocycles. The lowest BCUT2D eigenvalue weighted by Gasteiger charge is -2.34. The van der Waals surface area contributed by atoms with Crippen LogP contribution in [0.15, 0.2) is 413 Å². The van der Waals surface area contributed by atoms with Gasteiger partial charge in [0.1, 0.15) is 0 Å². The monoisotopic (exact) mass is 1430 g/mol. The first-order valence-electron chi connectivity index (χ1n) is 40.0. The van der Waals surface area contributed by atoms with E-state index >= 15 is 0 Å². The van der Waals surface area contributed by atoms with Crippen molar-refractivity contribution in [3.05, 3.63) is 413 Å². The van der Waals surface area contributed by atoms with Crippen LogP contribution in [0.1, 0.15) is 0 Å². The van der Waals surface area contributed by atoms with Crippen molar-refractivity contribution in [3.8, 4) is 178 Å². The van der Waals surface area contributed by atoms with Crippen LogP contribution in [0, 0.1) is 0 Å². The van der Waals surface area contributed by atoms with Crippen LogP contribution in [-0.2, 0) is 0 Å². The Balaban J connectivity index is 0.941. The molecule has 0 unspecified atom stereocenters. The maximum absolute atomic E-state index is 2.75. The average Bonchev–Trinajstić information content (AvgIpc) is 1.32. The summed E-state index contributed by atoms with van der Waals surface area (Å²) in [6.45, 7) is -0.233. The zero-order valence-corrected chi connectivity index (χ0v) is 62.4. The third-order valence-electron chi connectivity index (χ3n) is 25.4. The van der Waals surface area contributed by atoms with Crippen LogP contribution >= 0.6 is 0 Å². The Hall–Kier alpha value is -14.4. The Bertz CT molecular complexity index is 6750. The van der Waals surface area contributed by atoms with Crippen molar-refractivity contribution in [2.24, 2.45) is 0 Å². The van der Waals surface area contributed by atoms with E-state index in [1.54, 1.807) is 0 Å². The summed E-state index contributed by atoms with van der Waals surface area (Å²) in [4.78, 5) is 0. The van der Waals surface area contributed by atoms with E-state index in [0.717, 1.165) is 22.3 Å². The van der Waals surface area contributed by atoms with Crippen molar-refractivity contribution < 1.29 is 0 Å². The molecule has 4 aliphatic heterocycles. The first-order valence-corrected chi connectivity index (χ1v) is 40.0. The second kappa shape index (κ2) is 25.6. The predicted molar refractivity (Wildman–Crippen MR) is 486 cm³/mol. The van der Waals surface area contributed by atoms with Crippen LogP contribution in [0.2, 0.25) is 0 Å². The normalized spacial score (nSPS) is 12.4. The summed E-state index contributed by atoms with van der Waals surface area (Å²) in [5.74, 6) is 0. The highest BCUT2D eigenvalue weighted by Crippen LogP contribution is 2.57. The second-order valence-corrected chi connectivity index (χ2v) is 31.5. The van der Waals surface area contributed by atoms with Crippen molar-refractivity contribution in [2.45, 2.75) is 0 Å². The maximum Gasteiger partial charge on any atom is 0.244 e. The summed E-state index contributed by atoms with van der Waals surface area (Å²) >= 11 is 0. The second-order valence-electron chi connectivity index (χ2n) is 31.5. The first kappa shape index (κ1) is 64.4. The Labute approximate surface area is 664 Å². The van der Waals surface area contributed by atoms with Crippen LogP contribution in [0.25, 0.3) is 210 Å². The molecule has 0 nitrogen and oxygen atoms in total. The minimum absolute atomic E-state index is 0.116. The third-order valence-corrected chi connectivity index (χ3v) is 25.4. The lowest BCUT2D eigenvalue weighted by Crippen LogP contribution is -2.53. The molecule has 0 bridgehead atoms. The Kier molecular flexibility index (Phi) is 14.4. The van der Waals surface area contributed by atoms with Gasteiger partial charge in [-0.1, -0.05) is 372 Å². The average molecular weight is 1440 g/mol. The molecule has 0 saturated carbocycles. The van der Waals surface area contributed by atoms with E-state index in [0.29, 0.717) is 0 Å². The van der Waals surface area contributed by atoms with Crippen LogP contribution in [0.5, 0.6) is 0 Å². The van der Waals surface area contributed by atoms with Crippen LogP contribution < -0.4 is 32.8 Å². The van der Waals surface area contributed by atoms with Crippen molar-refractivity contribution >= 4 is 78.5 Å². The molecule has 0 atom stereocenters. The van der Waals surface area contributed by atoms with Gasteiger partial charge in [0, 0.05) is 0 Å². The van der Waals surface area contributed by atoms with Crippen molar-refractivity contribution in [1.29, 1.82) is 0 Å². The molecule has 24 rings (SSSR count). The van der Waals surface area contributed by atoms with Gasteiger partial charge in [-0.15, -0.1) is 0 Å². The molecule has 4 aliphatic rings. The van der Waals surface area contributed by atoms with Gasteiger partial charge in [-0.05, 0) is 283 Å². The number of benzene rings is 20. The number of hydrogen-bond acceptors (Lipinski definition) is 0. The molecule has 20 aromatic carbocycles. The number of fused-ring (bicyclic) bond motifs is 10. The summed E-state index contributed by atoms with van der Waals surface area (Å²) in [5, 5.41) is 7.75. The van der Waals surface area contributed by atoms with Gasteiger partial charge in [0.25, 0.3) is 0 Å². The van der Waals surface area contributed by atoms with E-state index in [2.05, 4.69) is 413 Å². The van der Waals surface area contributed by atoms with E-state index in [4.69, 9.17) is 0 Å². The Morgan fingerprint density at radius 3 is 0.605 bits per heavy atom. The van der Waals surface area contributed by atoms with Gasteiger partial charge in [0.05, 0.1) is 0 Å². The molecule has 114 heavy (non-hydrogen) atoms. The number of rotatable bonds is 12. The minimum atomic E-state index is -0.116. The van der Waals surface area contributed by atoms with Crippen molar-refractivity contribution in [1.82, 2.24) is 0 Å². The highest BCUT2D eigenvalue weighted by molar-refractivity contribution is 7.03. The van der Waals surface area contributed by atoms with Gasteiger partial charge in [-0.25, -0.2) is 0 Å². The fourth-order valence-electron chi connectivity index (χ4n) is 20.5. The van der Waals surface area contributed by atoms with Crippen molar-refractivity contribution in [3.63, 3.8) is 0 Å². The van der Waals surface area contributed by atoms with Gasteiger partial charge >= 0.3 is 0 Å². The third kappa shape index (κ3) is 9.87. The maximum atomic E-state index is 2.75. The molecule has 0 saturated heterocycles. The molecule has 0 N–H and O–H groups in total. The van der Waals surface area contributed by atoms with Crippen LogP contribution in [0.4, 0.5) is 0 Å². The molecule has 2 heteroatoms. The fourth-order valence-corrected chi connectivity index (χ4v) is 20.5. The lowest BCUT2D eigenvalue weighted by atomic mass is 9.34. The first-order chi connectivity index (χ1) is 56.6. The quantitative estimate of drug-likeness (QED) is 0.0845. The molecule has 0 aromatic heterocycles. The van der Waals surface area contributed by atoms with Gasteiger partial charge in [-0.2, -0.15) is 0 Å². The molecular formula is C112H68B2. The summed E-state index contributed by atoms with van der Waals surface area (Å²) in [6, 6.07) is 158. The lowest BCUT2D eigenvalue weighted by molar-refractivity contribution is 1.55. The molecule has 0 spiro atoms. The van der Waals surface area contributed by atoms with E-state index in [1.165, 1.54) is 221 Å². The molecule has 0 radical (unpaired) electrons. The van der Waals surface area contributed by atoms with Gasteiger partial charge in [0.2, 0.25) is 13.4 Å². The highest BCUT2D eigenvalue weighted by atomic mass is 14.4. The SMILES string of the molecule is c1ccc(-c2ccc3c(c2)-c2cc(-c4ccccc4)cc4c2B3c2cc3c(-c5c(-c6ccccc6)cc(-c6ccccc6)cc5-c5ccccc5)cc5c6c(cc7c(-c8c(-c9ccccc9)cc(-c9ccccc9)cc8-c8ccccc8)cc-4c2c7c36)B2c3ccc(-c4ccccc4)cc3-c3cc(-c4ccccc4)cc-5c32)cc1.